The Kier molecular flexibility index (Phi) is 4.11. The largest absolute Gasteiger partial charge is 0.508 e. The molecule has 2 atom stereocenters. The highest BCUT2D eigenvalue weighted by Crippen LogP contribution is 2.59. The van der Waals surface area contributed by atoms with Gasteiger partial charge >= 0.3 is 0 Å². The summed E-state index contributed by atoms with van der Waals surface area (Å²) in [5.41, 5.74) is 2.80. The molecule has 1 aliphatic carbocycles. The van der Waals surface area contributed by atoms with Crippen molar-refractivity contribution in [3.05, 3.63) is 59.7 Å². The zero-order valence-electron chi connectivity index (χ0n) is 15.1. The Morgan fingerprint density at radius 2 is 1.29 bits per heavy atom. The van der Waals surface area contributed by atoms with Gasteiger partial charge in [-0.15, -0.1) is 0 Å². The standard InChI is InChI=1S/C22H28O2/c1-15-16(13-21(2,3)4)14-22(15,17-5-9-19(23)10-6-17)18-7-11-20(24)12-8-18/h5-12,15-16,23-24H,13-14H2,1-4H3/t15-,16-/m0/s1. The van der Waals surface area contributed by atoms with E-state index in [0.29, 0.717) is 28.7 Å². The van der Waals surface area contributed by atoms with Gasteiger partial charge in [0.05, 0.1) is 0 Å². The topological polar surface area (TPSA) is 40.5 Å². The van der Waals surface area contributed by atoms with Crippen molar-refractivity contribution in [2.24, 2.45) is 17.3 Å². The lowest BCUT2D eigenvalue weighted by Crippen LogP contribution is -2.51. The summed E-state index contributed by atoms with van der Waals surface area (Å²) in [4.78, 5) is 0. The van der Waals surface area contributed by atoms with Crippen LogP contribution in [0.4, 0.5) is 0 Å². The minimum absolute atomic E-state index is 0.0304. The van der Waals surface area contributed by atoms with E-state index in [1.807, 2.05) is 24.3 Å². The maximum Gasteiger partial charge on any atom is 0.115 e. The molecule has 0 bridgehead atoms. The van der Waals surface area contributed by atoms with Gasteiger partial charge in [0.2, 0.25) is 0 Å². The van der Waals surface area contributed by atoms with Crippen LogP contribution < -0.4 is 0 Å². The van der Waals surface area contributed by atoms with Crippen molar-refractivity contribution in [3.8, 4) is 11.5 Å². The summed E-state index contributed by atoms with van der Waals surface area (Å²) in [5.74, 6) is 1.81. The van der Waals surface area contributed by atoms with Crippen molar-refractivity contribution in [1.29, 1.82) is 0 Å². The van der Waals surface area contributed by atoms with Crippen molar-refractivity contribution < 1.29 is 10.2 Å². The van der Waals surface area contributed by atoms with Crippen LogP contribution in [-0.2, 0) is 5.41 Å². The first-order chi connectivity index (χ1) is 11.2. The molecule has 1 aliphatic rings. The van der Waals surface area contributed by atoms with Gasteiger partial charge in [0.15, 0.2) is 0 Å². The van der Waals surface area contributed by atoms with E-state index in [1.54, 1.807) is 24.3 Å². The number of phenols is 2. The third-order valence-electron chi connectivity index (χ3n) is 5.71. The molecule has 1 saturated carbocycles. The smallest absolute Gasteiger partial charge is 0.115 e. The first kappa shape index (κ1) is 16.9. The average Bonchev–Trinajstić information content (AvgIpc) is 2.52. The van der Waals surface area contributed by atoms with Gasteiger partial charge in [-0.05, 0) is 65.5 Å². The van der Waals surface area contributed by atoms with Crippen LogP contribution in [0.1, 0.15) is 51.7 Å². The van der Waals surface area contributed by atoms with Gasteiger partial charge in [0.1, 0.15) is 11.5 Å². The number of hydrogen-bond acceptors (Lipinski definition) is 2. The van der Waals surface area contributed by atoms with Crippen LogP contribution in [0.15, 0.2) is 48.5 Å². The highest BCUT2D eigenvalue weighted by atomic mass is 16.3. The minimum Gasteiger partial charge on any atom is -0.508 e. The average molecular weight is 324 g/mol. The molecule has 0 unspecified atom stereocenters. The zero-order valence-corrected chi connectivity index (χ0v) is 15.1. The number of benzene rings is 2. The fraction of sp³-hybridized carbons (Fsp3) is 0.455. The first-order valence-electron chi connectivity index (χ1n) is 8.81. The van der Waals surface area contributed by atoms with Crippen molar-refractivity contribution in [3.63, 3.8) is 0 Å². The highest BCUT2D eigenvalue weighted by molar-refractivity contribution is 5.46. The van der Waals surface area contributed by atoms with Crippen LogP contribution in [-0.4, -0.2) is 10.2 Å². The van der Waals surface area contributed by atoms with Crippen LogP contribution >= 0.6 is 0 Å². The van der Waals surface area contributed by atoms with Crippen molar-refractivity contribution in [2.45, 2.75) is 46.0 Å². The van der Waals surface area contributed by atoms with Crippen molar-refractivity contribution >= 4 is 0 Å². The second kappa shape index (κ2) is 5.84. The quantitative estimate of drug-likeness (QED) is 0.785. The van der Waals surface area contributed by atoms with E-state index in [0.717, 1.165) is 6.42 Å². The molecule has 2 aromatic rings. The summed E-state index contributed by atoms with van der Waals surface area (Å²) in [6, 6.07) is 15.3. The molecule has 0 saturated heterocycles. The van der Waals surface area contributed by atoms with E-state index in [1.165, 1.54) is 17.5 Å². The summed E-state index contributed by atoms with van der Waals surface area (Å²) in [7, 11) is 0. The third-order valence-corrected chi connectivity index (χ3v) is 5.71. The number of hydrogen-bond donors (Lipinski definition) is 2. The number of rotatable bonds is 3. The van der Waals surface area contributed by atoms with Gasteiger partial charge in [-0.2, -0.15) is 0 Å². The lowest BCUT2D eigenvalue weighted by molar-refractivity contribution is 0.0435. The molecule has 0 aromatic heterocycles. The molecule has 0 spiro atoms. The molecule has 2 heteroatoms. The maximum atomic E-state index is 9.66. The Labute approximate surface area is 145 Å². The van der Waals surface area contributed by atoms with Crippen LogP contribution in [0.5, 0.6) is 11.5 Å². The number of aromatic hydroxyl groups is 2. The molecule has 24 heavy (non-hydrogen) atoms. The van der Waals surface area contributed by atoms with Crippen LogP contribution in [0.25, 0.3) is 0 Å². The van der Waals surface area contributed by atoms with Gasteiger partial charge in [-0.1, -0.05) is 52.0 Å². The second-order valence-corrected chi connectivity index (χ2v) is 8.58. The summed E-state index contributed by atoms with van der Waals surface area (Å²) in [5, 5.41) is 19.3. The summed E-state index contributed by atoms with van der Waals surface area (Å²) in [6.45, 7) is 9.27. The Bertz CT molecular complexity index is 647. The third kappa shape index (κ3) is 2.90. The van der Waals surface area contributed by atoms with E-state index >= 15 is 0 Å². The molecule has 0 radical (unpaired) electrons. The van der Waals surface area contributed by atoms with Gasteiger partial charge in [0.25, 0.3) is 0 Å². The second-order valence-electron chi connectivity index (χ2n) is 8.58. The van der Waals surface area contributed by atoms with Crippen molar-refractivity contribution in [2.75, 3.05) is 0 Å². The SMILES string of the molecule is C[C@H]1[C@@H](CC(C)(C)C)CC1(c1ccc(O)cc1)c1ccc(O)cc1. The summed E-state index contributed by atoms with van der Waals surface area (Å²) < 4.78 is 0. The molecule has 2 N–H and O–H groups in total. The Hall–Kier alpha value is -1.96. The van der Waals surface area contributed by atoms with E-state index in [9.17, 15) is 10.2 Å². The normalized spacial score (nSPS) is 22.8. The summed E-state index contributed by atoms with van der Waals surface area (Å²) >= 11 is 0. The van der Waals surface area contributed by atoms with Gasteiger partial charge < -0.3 is 10.2 Å². The highest BCUT2D eigenvalue weighted by Gasteiger charge is 2.53. The zero-order chi connectivity index (χ0) is 17.5. The summed E-state index contributed by atoms with van der Waals surface area (Å²) in [6.07, 6.45) is 2.33. The van der Waals surface area contributed by atoms with Gasteiger partial charge in [-0.25, -0.2) is 0 Å². The fourth-order valence-corrected chi connectivity index (χ4v) is 4.50. The van der Waals surface area contributed by atoms with Gasteiger partial charge in [0, 0.05) is 5.41 Å². The number of phenolic OH excluding ortho intramolecular Hbond substituents is 2. The fourth-order valence-electron chi connectivity index (χ4n) is 4.50. The molecule has 1 fully saturated rings. The van der Waals surface area contributed by atoms with E-state index in [2.05, 4.69) is 27.7 Å². The minimum atomic E-state index is -0.0304. The van der Waals surface area contributed by atoms with Crippen LogP contribution in [0, 0.1) is 17.3 Å². The molecular weight excluding hydrogens is 296 g/mol. The molecule has 2 aromatic carbocycles. The van der Waals surface area contributed by atoms with Gasteiger partial charge in [-0.3, -0.25) is 0 Å². The van der Waals surface area contributed by atoms with Crippen LogP contribution in [0.2, 0.25) is 0 Å². The Morgan fingerprint density at radius 1 is 0.875 bits per heavy atom. The van der Waals surface area contributed by atoms with Crippen LogP contribution in [0.3, 0.4) is 0 Å². The predicted molar refractivity (Wildman–Crippen MR) is 98.3 cm³/mol. The molecule has 0 heterocycles. The van der Waals surface area contributed by atoms with E-state index < -0.39 is 0 Å². The Morgan fingerprint density at radius 3 is 1.62 bits per heavy atom. The van der Waals surface area contributed by atoms with Crippen molar-refractivity contribution in [1.82, 2.24) is 0 Å². The molecular formula is C22H28O2. The molecule has 128 valence electrons. The molecule has 3 rings (SSSR count). The lowest BCUT2D eigenvalue weighted by atomic mass is 9.47. The molecule has 2 nitrogen and oxygen atoms in total. The molecule has 0 amide bonds. The van der Waals surface area contributed by atoms with E-state index in [-0.39, 0.29) is 5.41 Å². The molecule has 0 aliphatic heterocycles. The maximum absolute atomic E-state index is 9.66. The van der Waals surface area contributed by atoms with E-state index in [4.69, 9.17) is 0 Å². The predicted octanol–water partition coefficient (Wildman–Crippen LogP) is 5.48. The Balaban J connectivity index is 2.00. The monoisotopic (exact) mass is 324 g/mol. The lowest BCUT2D eigenvalue weighted by Gasteiger charge is -2.56. The first-order valence-corrected chi connectivity index (χ1v) is 8.81.